The van der Waals surface area contributed by atoms with Crippen molar-refractivity contribution in [1.29, 1.82) is 5.26 Å². The van der Waals surface area contributed by atoms with Crippen molar-refractivity contribution in [1.82, 2.24) is 9.38 Å². The molecule has 4 heteroatoms. The molecule has 1 aliphatic rings. The molecule has 0 fully saturated rings. The van der Waals surface area contributed by atoms with Crippen LogP contribution >= 0.6 is 0 Å². The second kappa shape index (κ2) is 4.23. The van der Waals surface area contributed by atoms with E-state index < -0.39 is 0 Å². The molecule has 0 saturated heterocycles. The molecule has 0 spiro atoms. The van der Waals surface area contributed by atoms with E-state index in [1.54, 1.807) is 0 Å². The Hall–Kier alpha value is -2.54. The Morgan fingerprint density at radius 2 is 1.95 bits per heavy atom. The number of pyridine rings is 1. The topological polar surface area (TPSA) is 44.3 Å². The second-order valence-corrected chi connectivity index (χ2v) is 5.78. The maximum absolute atomic E-state index is 9.64. The molecule has 2 heterocycles. The van der Waals surface area contributed by atoms with Gasteiger partial charge in [0, 0.05) is 14.1 Å². The summed E-state index contributed by atoms with van der Waals surface area (Å²) in [5.41, 5.74) is 6.08. The fraction of sp³-hybridized carbons (Fsp3) is 0.294. The molecule has 21 heavy (non-hydrogen) atoms. The molecular weight excluding hydrogens is 260 g/mol. The minimum Gasteiger partial charge on any atom is -0.364 e. The number of nitrogens with zero attached hydrogens (tertiary/aromatic N) is 4. The zero-order valence-corrected chi connectivity index (χ0v) is 12.2. The number of aromatic nitrogens is 2. The van der Waals surface area contributed by atoms with Gasteiger partial charge in [0.15, 0.2) is 5.65 Å². The smallest absolute Gasteiger partial charge is 0.157 e. The van der Waals surface area contributed by atoms with Crippen LogP contribution in [0.3, 0.4) is 0 Å². The number of hydrogen-bond acceptors (Lipinski definition) is 3. The Bertz CT molecular complexity index is 912. The van der Waals surface area contributed by atoms with E-state index in [1.807, 2.05) is 18.2 Å². The van der Waals surface area contributed by atoms with Gasteiger partial charge in [0.1, 0.15) is 11.9 Å². The summed E-state index contributed by atoms with van der Waals surface area (Å²) in [6.07, 6.45) is 3.15. The van der Waals surface area contributed by atoms with Gasteiger partial charge < -0.3 is 4.90 Å². The number of nitriles is 1. The Labute approximate surface area is 123 Å². The van der Waals surface area contributed by atoms with Gasteiger partial charge in [-0.15, -0.1) is 0 Å². The van der Waals surface area contributed by atoms with E-state index >= 15 is 0 Å². The van der Waals surface area contributed by atoms with Gasteiger partial charge in [-0.25, -0.2) is 4.98 Å². The third-order valence-corrected chi connectivity index (χ3v) is 4.32. The summed E-state index contributed by atoms with van der Waals surface area (Å²) in [4.78, 5) is 6.87. The molecule has 0 unspecified atom stereocenters. The molecule has 0 amide bonds. The predicted molar refractivity (Wildman–Crippen MR) is 83.8 cm³/mol. The van der Waals surface area contributed by atoms with Crippen LogP contribution in [0, 0.1) is 11.3 Å². The summed E-state index contributed by atoms with van der Waals surface area (Å²) in [7, 11) is 4.13. The van der Waals surface area contributed by atoms with Crippen LogP contribution in [-0.4, -0.2) is 23.5 Å². The lowest BCUT2D eigenvalue weighted by molar-refractivity contribution is 0.905. The fourth-order valence-corrected chi connectivity index (χ4v) is 3.53. The quantitative estimate of drug-likeness (QED) is 0.686. The van der Waals surface area contributed by atoms with Crippen molar-refractivity contribution >= 4 is 22.5 Å². The van der Waals surface area contributed by atoms with Gasteiger partial charge in [-0.3, -0.25) is 4.40 Å². The summed E-state index contributed by atoms with van der Waals surface area (Å²) in [6.45, 7) is 0. The highest BCUT2D eigenvalue weighted by molar-refractivity contribution is 5.86. The molecule has 1 aliphatic carbocycles. The van der Waals surface area contributed by atoms with Gasteiger partial charge in [0.2, 0.25) is 0 Å². The normalized spacial score (nSPS) is 13.6. The van der Waals surface area contributed by atoms with E-state index in [-0.39, 0.29) is 0 Å². The zero-order valence-electron chi connectivity index (χ0n) is 12.2. The van der Waals surface area contributed by atoms with Gasteiger partial charge in [-0.2, -0.15) is 5.26 Å². The lowest BCUT2D eigenvalue weighted by Crippen LogP contribution is -2.16. The second-order valence-electron chi connectivity index (χ2n) is 5.78. The van der Waals surface area contributed by atoms with Crippen molar-refractivity contribution in [2.45, 2.75) is 19.3 Å². The average Bonchev–Trinajstić information content (AvgIpc) is 3.08. The number of anilines is 1. The molecule has 0 atom stereocenters. The van der Waals surface area contributed by atoms with E-state index in [0.717, 1.165) is 41.5 Å². The van der Waals surface area contributed by atoms with Crippen LogP contribution in [-0.2, 0) is 12.8 Å². The summed E-state index contributed by atoms with van der Waals surface area (Å²) in [5, 5.41) is 9.64. The molecule has 0 bridgehead atoms. The standard InChI is InChI=1S/C17H16N4/c1-20(2)17-12-7-5-6-11(12)13(10-18)16-19-14-8-3-4-9-15(14)21(16)17/h3-4,8-9H,5-7H2,1-2H3. The first kappa shape index (κ1) is 12.2. The van der Waals surface area contributed by atoms with E-state index in [1.165, 1.54) is 16.9 Å². The molecule has 0 aliphatic heterocycles. The SMILES string of the molecule is CN(C)c1c2c(c(C#N)c3nc4ccccc4n13)CCC2. The fourth-order valence-electron chi connectivity index (χ4n) is 3.53. The van der Waals surface area contributed by atoms with Gasteiger partial charge in [0.25, 0.3) is 0 Å². The molecule has 104 valence electrons. The van der Waals surface area contributed by atoms with E-state index in [2.05, 4.69) is 35.5 Å². The third kappa shape index (κ3) is 1.52. The maximum Gasteiger partial charge on any atom is 0.157 e. The first-order valence-electron chi connectivity index (χ1n) is 7.24. The van der Waals surface area contributed by atoms with Crippen molar-refractivity contribution in [2.24, 2.45) is 0 Å². The molecule has 0 N–H and O–H groups in total. The molecule has 2 aromatic heterocycles. The molecule has 4 nitrogen and oxygen atoms in total. The van der Waals surface area contributed by atoms with Crippen molar-refractivity contribution in [3.8, 4) is 6.07 Å². The van der Waals surface area contributed by atoms with Crippen molar-refractivity contribution in [2.75, 3.05) is 19.0 Å². The number of imidazole rings is 1. The molecule has 0 radical (unpaired) electrons. The monoisotopic (exact) mass is 276 g/mol. The molecule has 4 rings (SSSR count). The molecule has 1 aromatic carbocycles. The highest BCUT2D eigenvalue weighted by atomic mass is 15.2. The van der Waals surface area contributed by atoms with Gasteiger partial charge in [0.05, 0.1) is 16.6 Å². The van der Waals surface area contributed by atoms with Gasteiger partial charge in [-0.05, 0) is 42.5 Å². The first-order chi connectivity index (χ1) is 10.2. The number of para-hydroxylation sites is 2. The van der Waals surface area contributed by atoms with E-state index in [4.69, 9.17) is 4.98 Å². The number of rotatable bonds is 1. The minimum absolute atomic E-state index is 0.754. The molecule has 3 aromatic rings. The van der Waals surface area contributed by atoms with E-state index in [0.29, 0.717) is 0 Å². The van der Waals surface area contributed by atoms with Crippen molar-refractivity contribution in [3.05, 3.63) is 41.0 Å². The van der Waals surface area contributed by atoms with Crippen LogP contribution < -0.4 is 4.90 Å². The van der Waals surface area contributed by atoms with Gasteiger partial charge >= 0.3 is 0 Å². The Morgan fingerprint density at radius 1 is 1.19 bits per heavy atom. The molecule has 0 saturated carbocycles. The van der Waals surface area contributed by atoms with Crippen molar-refractivity contribution in [3.63, 3.8) is 0 Å². The largest absolute Gasteiger partial charge is 0.364 e. The average molecular weight is 276 g/mol. The van der Waals surface area contributed by atoms with Crippen LogP contribution in [0.2, 0.25) is 0 Å². The Kier molecular flexibility index (Phi) is 2.46. The maximum atomic E-state index is 9.64. The number of hydrogen-bond donors (Lipinski definition) is 0. The van der Waals surface area contributed by atoms with Crippen LogP contribution in [0.1, 0.15) is 23.1 Å². The highest BCUT2D eigenvalue weighted by Gasteiger charge is 2.26. The zero-order chi connectivity index (χ0) is 14.6. The van der Waals surface area contributed by atoms with Crippen LogP contribution in [0.4, 0.5) is 5.82 Å². The van der Waals surface area contributed by atoms with E-state index in [9.17, 15) is 5.26 Å². The summed E-state index contributed by atoms with van der Waals surface area (Å²) < 4.78 is 2.15. The number of benzene rings is 1. The lowest BCUT2D eigenvalue weighted by Gasteiger charge is -2.20. The van der Waals surface area contributed by atoms with Gasteiger partial charge in [-0.1, -0.05) is 12.1 Å². The van der Waals surface area contributed by atoms with Crippen LogP contribution in [0.25, 0.3) is 16.7 Å². The Balaban J connectivity index is 2.30. The summed E-state index contributed by atoms with van der Waals surface area (Å²) >= 11 is 0. The summed E-state index contributed by atoms with van der Waals surface area (Å²) in [5.74, 6) is 1.17. The minimum atomic E-state index is 0.754. The Morgan fingerprint density at radius 3 is 2.71 bits per heavy atom. The first-order valence-corrected chi connectivity index (χ1v) is 7.24. The summed E-state index contributed by atoms with van der Waals surface area (Å²) in [6, 6.07) is 10.5. The highest BCUT2D eigenvalue weighted by Crippen LogP contribution is 2.37. The van der Waals surface area contributed by atoms with Crippen LogP contribution in [0.15, 0.2) is 24.3 Å². The lowest BCUT2D eigenvalue weighted by atomic mass is 10.1. The van der Waals surface area contributed by atoms with Crippen LogP contribution in [0.5, 0.6) is 0 Å². The number of fused-ring (bicyclic) bond motifs is 4. The van der Waals surface area contributed by atoms with Crippen molar-refractivity contribution < 1.29 is 0 Å². The third-order valence-electron chi connectivity index (χ3n) is 4.32. The molecular formula is C17H16N4. The predicted octanol–water partition coefficient (Wildman–Crippen LogP) is 2.91.